The van der Waals surface area contributed by atoms with Gasteiger partial charge in [0, 0.05) is 0 Å². The number of hydrogen-bond acceptors (Lipinski definition) is 4. The lowest BCUT2D eigenvalue weighted by molar-refractivity contribution is 0.0651. The molecule has 8 nitrogen and oxygen atoms in total. The second-order valence-electron chi connectivity index (χ2n) is 5.16. The summed E-state index contributed by atoms with van der Waals surface area (Å²) in [6.45, 7) is 0. The van der Waals surface area contributed by atoms with Gasteiger partial charge in [0.05, 0.1) is 22.3 Å². The Morgan fingerprint density at radius 3 is 1.77 bits per heavy atom. The second kappa shape index (κ2) is 7.31. The van der Waals surface area contributed by atoms with Crippen LogP contribution in [0.15, 0.2) is 36.4 Å². The molecule has 0 saturated heterocycles. The fourth-order valence-electron chi connectivity index (χ4n) is 2.23. The second-order valence-corrected chi connectivity index (χ2v) is 5.16. The van der Waals surface area contributed by atoms with E-state index in [9.17, 15) is 24.3 Å². The Morgan fingerprint density at radius 1 is 0.615 bits per heavy atom. The smallest absolute Gasteiger partial charge is 0.336 e. The molecule has 26 heavy (non-hydrogen) atoms. The summed E-state index contributed by atoms with van der Waals surface area (Å²) in [6.07, 6.45) is 2.77. The van der Waals surface area contributed by atoms with Crippen molar-refractivity contribution in [2.75, 3.05) is 0 Å². The summed E-state index contributed by atoms with van der Waals surface area (Å²) >= 11 is 0. The maximum Gasteiger partial charge on any atom is 0.336 e. The minimum atomic E-state index is -1.41. The average molecular weight is 356 g/mol. The summed E-state index contributed by atoms with van der Waals surface area (Å²) < 4.78 is 0. The van der Waals surface area contributed by atoms with Crippen molar-refractivity contribution in [2.45, 2.75) is 0 Å². The summed E-state index contributed by atoms with van der Waals surface area (Å²) in [6, 6.07) is 7.22. The van der Waals surface area contributed by atoms with Crippen LogP contribution in [-0.4, -0.2) is 44.3 Å². The average Bonchev–Trinajstić information content (AvgIpc) is 2.59. The van der Waals surface area contributed by atoms with Crippen molar-refractivity contribution < 1.29 is 39.6 Å². The lowest BCUT2D eigenvalue weighted by Crippen LogP contribution is -2.08. The van der Waals surface area contributed by atoms with Gasteiger partial charge in [-0.3, -0.25) is 0 Å². The highest BCUT2D eigenvalue weighted by Crippen LogP contribution is 2.18. The van der Waals surface area contributed by atoms with Gasteiger partial charge in [-0.05, 0) is 35.4 Å². The van der Waals surface area contributed by atoms with E-state index in [1.165, 1.54) is 30.4 Å². The van der Waals surface area contributed by atoms with E-state index >= 15 is 0 Å². The summed E-state index contributed by atoms with van der Waals surface area (Å²) in [4.78, 5) is 44.4. The molecule has 132 valence electrons. The van der Waals surface area contributed by atoms with Crippen molar-refractivity contribution in [2.24, 2.45) is 0 Å². The topological polar surface area (TPSA) is 149 Å². The van der Waals surface area contributed by atoms with E-state index in [2.05, 4.69) is 0 Å². The Bertz CT molecular complexity index is 956. The number of carboxylic acid groups (broad SMARTS) is 4. The Hall–Kier alpha value is -3.94. The fraction of sp³-hybridized carbons (Fsp3) is 0. The Labute approximate surface area is 146 Å². The first-order valence-electron chi connectivity index (χ1n) is 7.10. The molecule has 8 heteroatoms. The zero-order valence-electron chi connectivity index (χ0n) is 13.0. The number of carbonyl (C=O) groups is 4. The van der Waals surface area contributed by atoms with Gasteiger partial charge < -0.3 is 20.4 Å². The SMILES string of the molecule is O=C(O)c1ccc(/C=C/c2ccc(C(=O)O)c(C(=O)O)c2)c(C(=O)O)c1. The molecule has 4 N–H and O–H groups in total. The molecule has 2 aromatic rings. The van der Waals surface area contributed by atoms with E-state index in [0.717, 1.165) is 18.2 Å². The van der Waals surface area contributed by atoms with Crippen molar-refractivity contribution in [1.29, 1.82) is 0 Å². The predicted octanol–water partition coefficient (Wildman–Crippen LogP) is 2.65. The van der Waals surface area contributed by atoms with Crippen LogP contribution in [0, 0.1) is 0 Å². The van der Waals surface area contributed by atoms with E-state index in [-0.39, 0.29) is 22.3 Å². The van der Waals surface area contributed by atoms with Crippen LogP contribution in [0.3, 0.4) is 0 Å². The van der Waals surface area contributed by atoms with E-state index in [4.69, 9.17) is 15.3 Å². The first-order chi connectivity index (χ1) is 12.2. The predicted molar refractivity (Wildman–Crippen MR) is 89.6 cm³/mol. The van der Waals surface area contributed by atoms with Crippen LogP contribution in [0.2, 0.25) is 0 Å². The summed E-state index contributed by atoms with van der Waals surface area (Å²) in [5, 5.41) is 36.2. The molecular formula is C18H12O8. The van der Waals surface area contributed by atoms with Crippen LogP contribution in [0.25, 0.3) is 12.2 Å². The third kappa shape index (κ3) is 3.93. The maximum atomic E-state index is 11.3. The van der Waals surface area contributed by atoms with Crippen LogP contribution in [0.1, 0.15) is 52.6 Å². The largest absolute Gasteiger partial charge is 0.478 e. The highest BCUT2D eigenvalue weighted by molar-refractivity contribution is 6.02. The number of carboxylic acids is 4. The highest BCUT2D eigenvalue weighted by atomic mass is 16.4. The van der Waals surface area contributed by atoms with Gasteiger partial charge in [0.15, 0.2) is 0 Å². The van der Waals surface area contributed by atoms with Crippen molar-refractivity contribution in [3.63, 3.8) is 0 Å². The standard InChI is InChI=1S/C18H12O8/c19-15(20)11-5-4-10(13(8-11)17(23)24)3-1-9-2-6-12(16(21)22)14(7-9)18(25)26/h1-8H,(H,19,20)(H,21,22)(H,23,24)(H,25,26)/b3-1+. The molecule has 0 aromatic heterocycles. The van der Waals surface area contributed by atoms with E-state index < -0.39 is 29.4 Å². The fourth-order valence-corrected chi connectivity index (χ4v) is 2.23. The summed E-state index contributed by atoms with van der Waals surface area (Å²) in [5.41, 5.74) is -0.640. The summed E-state index contributed by atoms with van der Waals surface area (Å²) in [5.74, 6) is -5.37. The monoisotopic (exact) mass is 356 g/mol. The maximum absolute atomic E-state index is 11.3. The molecule has 0 radical (unpaired) electrons. The molecular weight excluding hydrogens is 344 g/mol. The molecule has 0 aliphatic heterocycles. The van der Waals surface area contributed by atoms with E-state index in [1.807, 2.05) is 0 Å². The summed E-state index contributed by atoms with van der Waals surface area (Å²) in [7, 11) is 0. The quantitative estimate of drug-likeness (QED) is 0.577. The van der Waals surface area contributed by atoms with Gasteiger partial charge in [0.2, 0.25) is 0 Å². The minimum absolute atomic E-state index is 0.182. The van der Waals surface area contributed by atoms with Crippen LogP contribution in [-0.2, 0) is 0 Å². The molecule has 0 atom stereocenters. The van der Waals surface area contributed by atoms with Gasteiger partial charge in [0.1, 0.15) is 0 Å². The van der Waals surface area contributed by atoms with Gasteiger partial charge in [-0.2, -0.15) is 0 Å². The van der Waals surface area contributed by atoms with Crippen LogP contribution >= 0.6 is 0 Å². The number of hydrogen-bond donors (Lipinski definition) is 4. The molecule has 2 rings (SSSR count). The van der Waals surface area contributed by atoms with Crippen molar-refractivity contribution in [1.82, 2.24) is 0 Å². The third-order valence-electron chi connectivity index (χ3n) is 3.49. The van der Waals surface area contributed by atoms with E-state index in [0.29, 0.717) is 5.56 Å². The van der Waals surface area contributed by atoms with Crippen molar-refractivity contribution in [3.05, 3.63) is 69.8 Å². The zero-order valence-corrected chi connectivity index (χ0v) is 13.0. The lowest BCUT2D eigenvalue weighted by Gasteiger charge is -2.05. The van der Waals surface area contributed by atoms with Crippen molar-refractivity contribution in [3.8, 4) is 0 Å². The van der Waals surface area contributed by atoms with Crippen LogP contribution < -0.4 is 0 Å². The zero-order chi connectivity index (χ0) is 19.4. The molecule has 0 heterocycles. The van der Waals surface area contributed by atoms with Gasteiger partial charge >= 0.3 is 23.9 Å². The molecule has 0 unspecified atom stereocenters. The molecule has 0 aliphatic rings. The molecule has 2 aromatic carbocycles. The third-order valence-corrected chi connectivity index (χ3v) is 3.49. The number of benzene rings is 2. The Morgan fingerprint density at radius 2 is 1.23 bits per heavy atom. The normalized spacial score (nSPS) is 10.6. The van der Waals surface area contributed by atoms with Gasteiger partial charge in [-0.1, -0.05) is 24.3 Å². The highest BCUT2D eigenvalue weighted by Gasteiger charge is 2.16. The van der Waals surface area contributed by atoms with Crippen molar-refractivity contribution >= 4 is 36.0 Å². The number of rotatable bonds is 6. The molecule has 0 bridgehead atoms. The Balaban J connectivity index is 2.45. The minimum Gasteiger partial charge on any atom is -0.478 e. The molecule has 0 spiro atoms. The first-order valence-corrected chi connectivity index (χ1v) is 7.10. The van der Waals surface area contributed by atoms with Crippen LogP contribution in [0.4, 0.5) is 0 Å². The first kappa shape index (κ1) is 18.4. The molecule has 0 fully saturated rings. The molecule has 0 saturated carbocycles. The lowest BCUT2D eigenvalue weighted by atomic mass is 10.0. The van der Waals surface area contributed by atoms with Crippen LogP contribution in [0.5, 0.6) is 0 Å². The molecule has 0 aliphatic carbocycles. The van der Waals surface area contributed by atoms with E-state index in [1.54, 1.807) is 0 Å². The van der Waals surface area contributed by atoms with Gasteiger partial charge in [0.25, 0.3) is 0 Å². The number of aromatic carboxylic acids is 4. The Kier molecular flexibility index (Phi) is 5.17. The van der Waals surface area contributed by atoms with Gasteiger partial charge in [-0.25, -0.2) is 19.2 Å². The molecule has 0 amide bonds. The van der Waals surface area contributed by atoms with Gasteiger partial charge in [-0.15, -0.1) is 0 Å².